The lowest BCUT2D eigenvalue weighted by molar-refractivity contribution is -0.147. The van der Waals surface area contributed by atoms with Crippen molar-refractivity contribution in [3.8, 4) is 0 Å². The largest absolute Gasteiger partial charge is 0.468 e. The van der Waals surface area contributed by atoms with Crippen molar-refractivity contribution in [2.24, 2.45) is 0 Å². The maximum absolute atomic E-state index is 11.9. The van der Waals surface area contributed by atoms with Crippen LogP contribution in [0.4, 0.5) is 0 Å². The Balaban J connectivity index is 1.52. The van der Waals surface area contributed by atoms with Gasteiger partial charge in [-0.1, -0.05) is 11.6 Å². The number of thiazole rings is 1. The van der Waals surface area contributed by atoms with Crippen LogP contribution in [0.3, 0.4) is 0 Å². The van der Waals surface area contributed by atoms with Crippen molar-refractivity contribution in [1.29, 1.82) is 0 Å². The van der Waals surface area contributed by atoms with Crippen LogP contribution in [-0.4, -0.2) is 59.6 Å². The van der Waals surface area contributed by atoms with Gasteiger partial charge in [0, 0.05) is 19.1 Å². The molecule has 1 aromatic rings. The van der Waals surface area contributed by atoms with Crippen LogP contribution in [0, 0.1) is 0 Å². The molecule has 2 aliphatic rings. The second kappa shape index (κ2) is 7.25. The van der Waals surface area contributed by atoms with E-state index in [1.807, 2.05) is 0 Å². The van der Waals surface area contributed by atoms with Gasteiger partial charge in [-0.2, -0.15) is 0 Å². The zero-order valence-corrected chi connectivity index (χ0v) is 14.4. The number of methoxy groups -OCH3 is 1. The van der Waals surface area contributed by atoms with E-state index >= 15 is 0 Å². The van der Waals surface area contributed by atoms with Crippen LogP contribution in [0.5, 0.6) is 0 Å². The molecule has 0 bridgehead atoms. The van der Waals surface area contributed by atoms with E-state index in [0.29, 0.717) is 6.04 Å². The monoisotopic (exact) mass is 343 g/mol. The molecule has 1 atom stereocenters. The number of esters is 1. The van der Waals surface area contributed by atoms with E-state index in [2.05, 4.69) is 14.8 Å². The van der Waals surface area contributed by atoms with Crippen molar-refractivity contribution in [2.45, 2.75) is 44.3 Å². The van der Waals surface area contributed by atoms with Gasteiger partial charge < -0.3 is 4.74 Å². The third kappa shape index (κ3) is 3.62. The van der Waals surface area contributed by atoms with Crippen LogP contribution in [0.15, 0.2) is 6.20 Å². The number of piperidine rings is 1. The Morgan fingerprint density at radius 3 is 2.82 bits per heavy atom. The number of halogens is 1. The summed E-state index contributed by atoms with van der Waals surface area (Å²) in [6, 6.07) is 0.474. The molecule has 0 amide bonds. The van der Waals surface area contributed by atoms with Gasteiger partial charge in [0.05, 0.1) is 19.9 Å². The standard InChI is InChI=1S/C15H22ClN3O2S/c1-21-15(20)12-3-2-6-19(12)11-4-7-18(8-5-11)10-14-17-9-13(16)22-14/h9,11-12H,2-8,10H2,1H3/t12-/m0/s1. The molecule has 0 spiro atoms. The Hall–Kier alpha value is -0.690. The minimum absolute atomic E-state index is 0.0284. The van der Waals surface area contributed by atoms with E-state index in [-0.39, 0.29) is 12.0 Å². The fourth-order valence-electron chi connectivity index (χ4n) is 3.58. The molecule has 3 rings (SSSR count). The number of nitrogens with zero attached hydrogens (tertiary/aromatic N) is 3. The lowest BCUT2D eigenvalue weighted by atomic mass is 10.0. The average molecular weight is 344 g/mol. The van der Waals surface area contributed by atoms with E-state index in [9.17, 15) is 4.79 Å². The van der Waals surface area contributed by atoms with Gasteiger partial charge in [-0.15, -0.1) is 11.3 Å². The fourth-order valence-corrected chi connectivity index (χ4v) is 4.58. The minimum Gasteiger partial charge on any atom is -0.468 e. The summed E-state index contributed by atoms with van der Waals surface area (Å²) >= 11 is 7.49. The predicted octanol–water partition coefficient (Wildman–Crippen LogP) is 2.40. The van der Waals surface area contributed by atoms with Gasteiger partial charge in [-0.05, 0) is 32.2 Å². The van der Waals surface area contributed by atoms with Gasteiger partial charge in [-0.3, -0.25) is 14.6 Å². The van der Waals surface area contributed by atoms with Crippen molar-refractivity contribution in [2.75, 3.05) is 26.7 Å². The minimum atomic E-state index is -0.0719. The molecule has 2 aliphatic heterocycles. The quantitative estimate of drug-likeness (QED) is 0.785. The van der Waals surface area contributed by atoms with Gasteiger partial charge in [0.2, 0.25) is 0 Å². The lowest BCUT2D eigenvalue weighted by Crippen LogP contribution is -2.48. The predicted molar refractivity (Wildman–Crippen MR) is 87.2 cm³/mol. The van der Waals surface area contributed by atoms with Crippen molar-refractivity contribution in [3.05, 3.63) is 15.5 Å². The van der Waals surface area contributed by atoms with Gasteiger partial charge in [0.25, 0.3) is 0 Å². The SMILES string of the molecule is COC(=O)[C@@H]1CCCN1C1CCN(Cc2ncc(Cl)s2)CC1. The van der Waals surface area contributed by atoms with Crippen molar-refractivity contribution in [3.63, 3.8) is 0 Å². The molecule has 0 N–H and O–H groups in total. The number of aromatic nitrogens is 1. The van der Waals surface area contributed by atoms with Gasteiger partial charge in [0.1, 0.15) is 15.4 Å². The summed E-state index contributed by atoms with van der Waals surface area (Å²) in [6.45, 7) is 4.00. The first-order valence-corrected chi connectivity index (χ1v) is 9.03. The third-order valence-electron chi connectivity index (χ3n) is 4.68. The third-order valence-corrected chi connectivity index (χ3v) is 5.78. The molecule has 0 saturated carbocycles. The zero-order chi connectivity index (χ0) is 15.5. The molecule has 2 saturated heterocycles. The number of ether oxygens (including phenoxy) is 1. The lowest BCUT2D eigenvalue weighted by Gasteiger charge is -2.38. The fraction of sp³-hybridized carbons (Fsp3) is 0.733. The number of hydrogen-bond acceptors (Lipinski definition) is 6. The molecule has 0 unspecified atom stereocenters. The highest BCUT2D eigenvalue weighted by Gasteiger charge is 2.37. The van der Waals surface area contributed by atoms with Crippen LogP contribution in [0.2, 0.25) is 4.34 Å². The maximum atomic E-state index is 11.9. The number of carbonyl (C=O) groups is 1. The van der Waals surface area contributed by atoms with E-state index in [0.717, 1.165) is 61.2 Å². The highest BCUT2D eigenvalue weighted by molar-refractivity contribution is 7.15. The smallest absolute Gasteiger partial charge is 0.323 e. The number of likely N-dealkylation sites (tertiary alicyclic amines) is 2. The summed E-state index contributed by atoms with van der Waals surface area (Å²) in [6.07, 6.45) is 5.96. The molecule has 2 fully saturated rings. The first kappa shape index (κ1) is 16.2. The summed E-state index contributed by atoms with van der Waals surface area (Å²) in [5.41, 5.74) is 0. The summed E-state index contributed by atoms with van der Waals surface area (Å²) in [5.74, 6) is -0.0719. The Bertz CT molecular complexity index is 517. The first-order chi connectivity index (χ1) is 10.7. The van der Waals surface area contributed by atoms with Crippen LogP contribution in [0.1, 0.15) is 30.7 Å². The molecule has 22 heavy (non-hydrogen) atoms. The topological polar surface area (TPSA) is 45.7 Å². The number of carbonyl (C=O) groups excluding carboxylic acids is 1. The summed E-state index contributed by atoms with van der Waals surface area (Å²) in [7, 11) is 1.49. The highest BCUT2D eigenvalue weighted by atomic mass is 35.5. The molecule has 5 nitrogen and oxygen atoms in total. The first-order valence-electron chi connectivity index (χ1n) is 7.83. The summed E-state index contributed by atoms with van der Waals surface area (Å²) in [5, 5.41) is 1.08. The second-order valence-corrected chi connectivity index (χ2v) is 7.73. The van der Waals surface area contributed by atoms with E-state index < -0.39 is 0 Å². The molecule has 0 radical (unpaired) electrons. The van der Waals surface area contributed by atoms with Crippen LogP contribution < -0.4 is 0 Å². The second-order valence-electron chi connectivity index (χ2n) is 5.98. The molecule has 3 heterocycles. The summed E-state index contributed by atoms with van der Waals surface area (Å²) in [4.78, 5) is 21.0. The zero-order valence-electron chi connectivity index (χ0n) is 12.8. The molecule has 1 aromatic heterocycles. The maximum Gasteiger partial charge on any atom is 0.323 e. The Morgan fingerprint density at radius 2 is 2.18 bits per heavy atom. The van der Waals surface area contributed by atoms with Crippen LogP contribution in [-0.2, 0) is 16.1 Å². The summed E-state index contributed by atoms with van der Waals surface area (Å²) < 4.78 is 5.70. The Kier molecular flexibility index (Phi) is 5.33. The van der Waals surface area contributed by atoms with Gasteiger partial charge in [-0.25, -0.2) is 4.98 Å². The van der Waals surface area contributed by atoms with E-state index in [4.69, 9.17) is 16.3 Å². The number of hydrogen-bond donors (Lipinski definition) is 0. The van der Waals surface area contributed by atoms with Crippen molar-refractivity contribution < 1.29 is 9.53 Å². The molecular formula is C15H22ClN3O2S. The van der Waals surface area contributed by atoms with Crippen molar-refractivity contribution >= 4 is 28.9 Å². The Morgan fingerprint density at radius 1 is 1.41 bits per heavy atom. The normalized spacial score (nSPS) is 24.7. The average Bonchev–Trinajstić information content (AvgIpc) is 3.16. The van der Waals surface area contributed by atoms with Crippen molar-refractivity contribution in [1.82, 2.24) is 14.8 Å². The van der Waals surface area contributed by atoms with Crippen LogP contribution in [0.25, 0.3) is 0 Å². The molecule has 122 valence electrons. The van der Waals surface area contributed by atoms with E-state index in [1.54, 1.807) is 17.5 Å². The molecule has 7 heteroatoms. The van der Waals surface area contributed by atoms with Gasteiger partial charge >= 0.3 is 5.97 Å². The molecule has 0 aliphatic carbocycles. The Labute approximate surface area is 140 Å². The molecular weight excluding hydrogens is 322 g/mol. The number of rotatable bonds is 4. The van der Waals surface area contributed by atoms with Crippen LogP contribution >= 0.6 is 22.9 Å². The highest BCUT2D eigenvalue weighted by Crippen LogP contribution is 2.28. The van der Waals surface area contributed by atoms with Gasteiger partial charge in [0.15, 0.2) is 0 Å². The van der Waals surface area contributed by atoms with E-state index in [1.165, 1.54) is 7.11 Å². The molecule has 0 aromatic carbocycles.